The normalized spacial score (nSPS) is 23.6. The summed E-state index contributed by atoms with van der Waals surface area (Å²) in [6.07, 6.45) is -7.43. The van der Waals surface area contributed by atoms with E-state index in [1.807, 2.05) is 188 Å². The SMILES string of the molecule is CCS[C@H]1O[C@H](CO[C@H]2O[C@H](COCc3ccccc3)[C@@H](OCc3ccccc3)[C@H](OCc3ccccc3)[C@@H]2OC(=O)c2ccccc2)[C@@H](OCc2ccccc2)[C@H](OCc2ccccc2)[C@@H]1OCc1ccccc1. The van der Waals surface area contributed by atoms with Gasteiger partial charge in [0, 0.05) is 0 Å². The molecule has 0 amide bonds. The fraction of sp³-hybridized carbons (Fsp3) is 0.317. The maximum Gasteiger partial charge on any atom is 0.338 e. The van der Waals surface area contributed by atoms with E-state index in [9.17, 15) is 4.79 Å². The molecule has 0 spiro atoms. The molecule has 0 radical (unpaired) electrons. The van der Waals surface area contributed by atoms with Crippen molar-refractivity contribution in [2.45, 2.75) is 107 Å². The van der Waals surface area contributed by atoms with E-state index in [1.165, 1.54) is 0 Å². The molecule has 2 heterocycles. The van der Waals surface area contributed by atoms with Gasteiger partial charge in [-0.05, 0) is 51.3 Å². The highest BCUT2D eigenvalue weighted by Gasteiger charge is 2.53. The highest BCUT2D eigenvalue weighted by atomic mass is 32.2. The highest BCUT2D eigenvalue weighted by molar-refractivity contribution is 7.99. The quantitative estimate of drug-likeness (QED) is 0.0482. The summed E-state index contributed by atoms with van der Waals surface area (Å²) < 4.78 is 68.9. The molecule has 390 valence electrons. The molecule has 11 nitrogen and oxygen atoms in total. The lowest BCUT2D eigenvalue weighted by atomic mass is 9.97. The smallest absolute Gasteiger partial charge is 0.338 e. The largest absolute Gasteiger partial charge is 0.450 e. The molecule has 7 aromatic rings. The molecule has 0 N–H and O–H groups in total. The number of benzene rings is 7. The maximum absolute atomic E-state index is 14.4. The van der Waals surface area contributed by atoms with Crippen LogP contribution in [0, 0.1) is 0 Å². The molecule has 2 fully saturated rings. The summed E-state index contributed by atoms with van der Waals surface area (Å²) in [4.78, 5) is 14.4. The van der Waals surface area contributed by atoms with Gasteiger partial charge in [-0.25, -0.2) is 4.79 Å². The molecule has 2 aliphatic heterocycles. The first-order valence-electron chi connectivity index (χ1n) is 25.8. The third-order valence-electron chi connectivity index (χ3n) is 13.0. The van der Waals surface area contributed by atoms with E-state index in [4.69, 9.17) is 47.4 Å². The van der Waals surface area contributed by atoms with Gasteiger partial charge >= 0.3 is 5.97 Å². The minimum absolute atomic E-state index is 0.0561. The second-order valence-corrected chi connectivity index (χ2v) is 19.8. The number of hydrogen-bond donors (Lipinski definition) is 0. The minimum Gasteiger partial charge on any atom is -0.450 e. The molecule has 0 unspecified atom stereocenters. The number of hydrogen-bond acceptors (Lipinski definition) is 12. The van der Waals surface area contributed by atoms with Crippen LogP contribution in [-0.4, -0.2) is 85.5 Å². The number of thioether (sulfide) groups is 1. The Bertz CT molecular complexity index is 2680. The Labute approximate surface area is 445 Å². The van der Waals surface area contributed by atoms with Crippen LogP contribution in [0.25, 0.3) is 0 Å². The summed E-state index contributed by atoms with van der Waals surface area (Å²) in [7, 11) is 0. The number of esters is 1. The summed E-state index contributed by atoms with van der Waals surface area (Å²) in [5, 5.41) is 0. The number of carbonyl (C=O) groups excluding carboxylic acids is 1. The molecule has 0 bridgehead atoms. The minimum atomic E-state index is -1.20. The van der Waals surface area contributed by atoms with E-state index < -0.39 is 66.5 Å². The summed E-state index contributed by atoms with van der Waals surface area (Å²) in [5.41, 5.74) is 5.75. The Hall–Kier alpha value is -6.00. The van der Waals surface area contributed by atoms with Gasteiger partial charge in [-0.3, -0.25) is 0 Å². The second-order valence-electron chi connectivity index (χ2n) is 18.4. The Kier molecular flexibility index (Phi) is 20.6. The molecule has 10 atom stereocenters. The third kappa shape index (κ3) is 15.8. The lowest BCUT2D eigenvalue weighted by Gasteiger charge is -2.48. The standard InChI is InChI=1S/C63H66O11S/c1-2-75-63-60(70-43-51-34-20-8-21-35-51)58(69-42-50-32-18-7-19-33-50)56(67-40-48-28-14-5-15-29-48)54(73-63)45-71-62-59(74-61(64)52-36-22-9-23-37-52)57(68-41-49-30-16-6-17-31-49)55(66-39-47-26-12-4-13-27-47)53(72-62)44-65-38-46-24-10-3-11-25-46/h3-37,53-60,62-63H,2,38-45H2,1H3/t53-,54-,55-,56-,57+,58+,59+,60+,62+,63-/m1/s1. The van der Waals surface area contributed by atoms with Crippen LogP contribution in [0.5, 0.6) is 0 Å². The first-order chi connectivity index (χ1) is 37.1. The van der Waals surface area contributed by atoms with Crippen molar-refractivity contribution < 1.29 is 52.2 Å². The molecule has 9 rings (SSSR count). The van der Waals surface area contributed by atoms with Gasteiger partial charge in [-0.1, -0.05) is 207 Å². The van der Waals surface area contributed by atoms with Gasteiger partial charge in [0.15, 0.2) is 12.4 Å². The van der Waals surface area contributed by atoms with Crippen LogP contribution in [0.1, 0.15) is 50.7 Å². The summed E-state index contributed by atoms with van der Waals surface area (Å²) in [6, 6.07) is 68.8. The van der Waals surface area contributed by atoms with Crippen LogP contribution in [0.15, 0.2) is 212 Å². The van der Waals surface area contributed by atoms with Gasteiger partial charge < -0.3 is 47.4 Å². The van der Waals surface area contributed by atoms with Crippen LogP contribution in [0.3, 0.4) is 0 Å². The fourth-order valence-electron chi connectivity index (χ4n) is 9.20. The van der Waals surface area contributed by atoms with Crippen LogP contribution in [0.2, 0.25) is 0 Å². The zero-order valence-electron chi connectivity index (χ0n) is 42.2. The average molecular weight is 1030 g/mol. The Balaban J connectivity index is 1.07. The molecule has 0 saturated carbocycles. The number of carbonyl (C=O) groups is 1. The van der Waals surface area contributed by atoms with Gasteiger partial charge in [-0.15, -0.1) is 11.8 Å². The van der Waals surface area contributed by atoms with Gasteiger partial charge in [0.2, 0.25) is 0 Å². The molecule has 2 aliphatic rings. The summed E-state index contributed by atoms with van der Waals surface area (Å²) in [5.74, 6) is 0.167. The lowest BCUT2D eigenvalue weighted by Crippen LogP contribution is -2.63. The molecule has 0 aliphatic carbocycles. The first-order valence-corrected chi connectivity index (χ1v) is 26.8. The van der Waals surface area contributed by atoms with E-state index in [-0.39, 0.29) is 33.0 Å². The Morgan fingerprint density at radius 2 is 0.733 bits per heavy atom. The molecule has 75 heavy (non-hydrogen) atoms. The molecule has 7 aromatic carbocycles. The van der Waals surface area contributed by atoms with Crippen LogP contribution in [0.4, 0.5) is 0 Å². The van der Waals surface area contributed by atoms with Crippen molar-refractivity contribution in [1.82, 2.24) is 0 Å². The van der Waals surface area contributed by atoms with E-state index >= 15 is 0 Å². The van der Waals surface area contributed by atoms with Gasteiger partial charge in [0.1, 0.15) is 48.2 Å². The predicted molar refractivity (Wildman–Crippen MR) is 288 cm³/mol. The van der Waals surface area contributed by atoms with E-state index in [2.05, 4.69) is 6.92 Å². The van der Waals surface area contributed by atoms with E-state index in [1.54, 1.807) is 36.0 Å². The van der Waals surface area contributed by atoms with Gasteiger partial charge in [0.05, 0.1) is 58.4 Å². The van der Waals surface area contributed by atoms with Crippen molar-refractivity contribution in [3.05, 3.63) is 251 Å². The average Bonchev–Trinajstić information content (AvgIpc) is 3.47. The maximum atomic E-state index is 14.4. The highest BCUT2D eigenvalue weighted by Crippen LogP contribution is 2.37. The number of ether oxygens (including phenoxy) is 10. The van der Waals surface area contributed by atoms with Crippen LogP contribution >= 0.6 is 11.8 Å². The second kappa shape index (κ2) is 28.8. The van der Waals surface area contributed by atoms with Crippen LogP contribution in [-0.2, 0) is 87.0 Å². The molecule has 0 aromatic heterocycles. The Morgan fingerprint density at radius 1 is 0.387 bits per heavy atom. The topological polar surface area (TPSA) is 109 Å². The fourth-order valence-corrected chi connectivity index (χ4v) is 10.2. The van der Waals surface area contributed by atoms with Gasteiger partial charge in [-0.2, -0.15) is 0 Å². The molecular weight excluding hydrogens is 965 g/mol. The summed E-state index contributed by atoms with van der Waals surface area (Å²) in [6.45, 7) is 3.78. The zero-order valence-corrected chi connectivity index (χ0v) is 43.1. The third-order valence-corrected chi connectivity index (χ3v) is 14.1. The van der Waals surface area contributed by atoms with Crippen molar-refractivity contribution in [3.63, 3.8) is 0 Å². The van der Waals surface area contributed by atoms with E-state index in [0.717, 1.165) is 39.1 Å². The number of rotatable bonds is 26. The summed E-state index contributed by atoms with van der Waals surface area (Å²) >= 11 is 1.63. The molecule has 12 heteroatoms. The lowest BCUT2D eigenvalue weighted by molar-refractivity contribution is -0.328. The van der Waals surface area contributed by atoms with Crippen molar-refractivity contribution >= 4 is 17.7 Å². The zero-order chi connectivity index (χ0) is 51.3. The van der Waals surface area contributed by atoms with Crippen LogP contribution < -0.4 is 0 Å². The predicted octanol–water partition coefficient (Wildman–Crippen LogP) is 11.6. The van der Waals surface area contributed by atoms with Crippen molar-refractivity contribution in [2.75, 3.05) is 19.0 Å². The van der Waals surface area contributed by atoms with Crippen molar-refractivity contribution in [2.24, 2.45) is 0 Å². The van der Waals surface area contributed by atoms with Gasteiger partial charge in [0.25, 0.3) is 0 Å². The molecular formula is C63H66O11S. The molecule has 2 saturated heterocycles. The van der Waals surface area contributed by atoms with Crippen molar-refractivity contribution in [3.8, 4) is 0 Å². The Morgan fingerprint density at radius 3 is 1.15 bits per heavy atom. The first kappa shape index (κ1) is 53.8. The van der Waals surface area contributed by atoms with Crippen molar-refractivity contribution in [1.29, 1.82) is 0 Å². The monoisotopic (exact) mass is 1030 g/mol. The van der Waals surface area contributed by atoms with E-state index in [0.29, 0.717) is 25.4 Å².